The Balaban J connectivity index is 1.53. The molecule has 10 heteroatoms. The SMILES string of the molecule is CC1C(=O)N(c2ccc(SC(F)(F)F)cc2)C(=O)N1Cc1ccnc(-c2ccc(Cl)cc2)c1. The maximum Gasteiger partial charge on any atom is 0.446 e. The molecule has 3 aromatic rings. The first-order valence-electron chi connectivity index (χ1n) is 9.83. The number of alkyl halides is 3. The predicted molar refractivity (Wildman–Crippen MR) is 121 cm³/mol. The van der Waals surface area contributed by atoms with Crippen LogP contribution < -0.4 is 4.90 Å². The second-order valence-corrected chi connectivity index (χ2v) is 8.93. The smallest absolute Gasteiger partial charge is 0.308 e. The topological polar surface area (TPSA) is 53.5 Å². The molecule has 1 aliphatic heterocycles. The predicted octanol–water partition coefficient (Wildman–Crippen LogP) is 6.37. The number of hydrogen-bond donors (Lipinski definition) is 0. The largest absolute Gasteiger partial charge is 0.446 e. The molecule has 0 radical (unpaired) electrons. The molecule has 170 valence electrons. The van der Waals surface area contributed by atoms with Gasteiger partial charge in [0.1, 0.15) is 6.04 Å². The summed E-state index contributed by atoms with van der Waals surface area (Å²) in [6.07, 6.45) is 1.63. The van der Waals surface area contributed by atoms with Crippen molar-refractivity contribution in [3.05, 3.63) is 77.4 Å². The molecule has 0 N–H and O–H groups in total. The van der Waals surface area contributed by atoms with Crippen LogP contribution in [0.1, 0.15) is 12.5 Å². The third-order valence-corrected chi connectivity index (χ3v) is 6.12. The lowest BCUT2D eigenvalue weighted by Gasteiger charge is -2.20. The number of carbonyl (C=O) groups is 2. The highest BCUT2D eigenvalue weighted by Crippen LogP contribution is 2.38. The first-order chi connectivity index (χ1) is 15.6. The van der Waals surface area contributed by atoms with E-state index >= 15 is 0 Å². The van der Waals surface area contributed by atoms with Crippen molar-refractivity contribution in [1.82, 2.24) is 9.88 Å². The molecule has 2 aromatic carbocycles. The highest BCUT2D eigenvalue weighted by molar-refractivity contribution is 8.00. The molecule has 0 aliphatic carbocycles. The molecular formula is C23H17ClF3N3O2S. The molecule has 1 atom stereocenters. The van der Waals surface area contributed by atoms with E-state index in [1.165, 1.54) is 29.2 Å². The Morgan fingerprint density at radius 1 is 1.03 bits per heavy atom. The second-order valence-electron chi connectivity index (χ2n) is 7.36. The van der Waals surface area contributed by atoms with Gasteiger partial charge in [-0.2, -0.15) is 13.2 Å². The lowest BCUT2D eigenvalue weighted by atomic mass is 10.1. The second kappa shape index (κ2) is 9.07. The number of amides is 3. The number of carbonyl (C=O) groups excluding carboxylic acids is 2. The monoisotopic (exact) mass is 491 g/mol. The number of hydrogen-bond acceptors (Lipinski definition) is 4. The molecule has 0 bridgehead atoms. The average molecular weight is 492 g/mol. The Morgan fingerprint density at radius 3 is 2.33 bits per heavy atom. The fourth-order valence-electron chi connectivity index (χ4n) is 3.50. The molecule has 1 saturated heterocycles. The van der Waals surface area contributed by atoms with Crippen LogP contribution in [0.2, 0.25) is 5.02 Å². The van der Waals surface area contributed by atoms with Crippen molar-refractivity contribution in [3.63, 3.8) is 0 Å². The highest BCUT2D eigenvalue weighted by atomic mass is 35.5. The zero-order chi connectivity index (χ0) is 23.8. The van der Waals surface area contributed by atoms with Crippen LogP contribution in [0.3, 0.4) is 0 Å². The zero-order valence-electron chi connectivity index (χ0n) is 17.2. The summed E-state index contributed by atoms with van der Waals surface area (Å²) in [7, 11) is 0. The van der Waals surface area contributed by atoms with Crippen molar-refractivity contribution < 1.29 is 22.8 Å². The van der Waals surface area contributed by atoms with Gasteiger partial charge in [-0.05, 0) is 72.8 Å². The standard InChI is InChI=1S/C23H17ClF3N3O2S/c1-14-21(31)30(18-6-8-19(9-7-18)33-23(25,26)27)22(32)29(14)13-15-10-11-28-20(12-15)16-2-4-17(24)5-3-16/h2-12,14H,13H2,1H3. The molecule has 2 heterocycles. The molecular weight excluding hydrogens is 475 g/mol. The van der Waals surface area contributed by atoms with Gasteiger partial charge in [-0.25, -0.2) is 9.69 Å². The first-order valence-corrected chi connectivity index (χ1v) is 11.0. The fraction of sp³-hybridized carbons (Fsp3) is 0.174. The van der Waals surface area contributed by atoms with E-state index in [4.69, 9.17) is 11.6 Å². The number of pyridine rings is 1. The van der Waals surface area contributed by atoms with Crippen LogP contribution in [0, 0.1) is 0 Å². The number of urea groups is 1. The lowest BCUT2D eigenvalue weighted by Crippen LogP contribution is -2.33. The van der Waals surface area contributed by atoms with Crippen LogP contribution in [-0.2, 0) is 11.3 Å². The van der Waals surface area contributed by atoms with E-state index in [1.807, 2.05) is 18.2 Å². The quantitative estimate of drug-likeness (QED) is 0.307. The molecule has 5 nitrogen and oxygen atoms in total. The molecule has 33 heavy (non-hydrogen) atoms. The molecule has 1 fully saturated rings. The Labute approximate surface area is 197 Å². The van der Waals surface area contributed by atoms with Crippen molar-refractivity contribution in [3.8, 4) is 11.3 Å². The maximum absolute atomic E-state index is 13.1. The molecule has 4 rings (SSSR count). The van der Waals surface area contributed by atoms with Crippen molar-refractivity contribution in [1.29, 1.82) is 0 Å². The van der Waals surface area contributed by atoms with Gasteiger partial charge in [-0.1, -0.05) is 23.7 Å². The molecule has 1 unspecified atom stereocenters. The van der Waals surface area contributed by atoms with Gasteiger partial charge in [0.25, 0.3) is 5.91 Å². The molecule has 1 aliphatic rings. The maximum atomic E-state index is 13.1. The summed E-state index contributed by atoms with van der Waals surface area (Å²) in [4.78, 5) is 32.6. The van der Waals surface area contributed by atoms with E-state index in [9.17, 15) is 22.8 Å². The number of benzene rings is 2. The minimum Gasteiger partial charge on any atom is -0.308 e. The third kappa shape index (κ3) is 5.15. The van der Waals surface area contributed by atoms with Gasteiger partial charge in [-0.3, -0.25) is 9.78 Å². The lowest BCUT2D eigenvalue weighted by molar-refractivity contribution is -0.119. The van der Waals surface area contributed by atoms with Crippen molar-refractivity contribution in [2.75, 3.05) is 4.90 Å². The van der Waals surface area contributed by atoms with E-state index in [0.717, 1.165) is 16.0 Å². The van der Waals surface area contributed by atoms with Gasteiger partial charge in [0.05, 0.1) is 11.4 Å². The van der Waals surface area contributed by atoms with Crippen LogP contribution >= 0.6 is 23.4 Å². The Kier molecular flexibility index (Phi) is 6.36. The number of anilines is 1. The van der Waals surface area contributed by atoms with Crippen LogP contribution in [0.25, 0.3) is 11.3 Å². The molecule has 1 aromatic heterocycles. The normalized spacial score (nSPS) is 16.6. The molecule has 0 spiro atoms. The first kappa shape index (κ1) is 23.1. The Morgan fingerprint density at radius 2 is 1.70 bits per heavy atom. The Hall–Kier alpha value is -3.04. The van der Waals surface area contributed by atoms with Gasteiger partial charge in [0, 0.05) is 28.2 Å². The summed E-state index contributed by atoms with van der Waals surface area (Å²) in [5, 5.41) is 0.607. The van der Waals surface area contributed by atoms with E-state index in [2.05, 4.69) is 4.98 Å². The van der Waals surface area contributed by atoms with Gasteiger partial charge in [0.2, 0.25) is 0 Å². The minimum absolute atomic E-state index is 0.0261. The van der Waals surface area contributed by atoms with Crippen LogP contribution in [0.15, 0.2) is 71.8 Å². The third-order valence-electron chi connectivity index (χ3n) is 5.13. The minimum atomic E-state index is -4.42. The van der Waals surface area contributed by atoms with Crippen LogP contribution in [-0.4, -0.2) is 33.4 Å². The van der Waals surface area contributed by atoms with Gasteiger partial charge < -0.3 is 4.90 Å². The van der Waals surface area contributed by atoms with Crippen molar-refractivity contribution >= 4 is 41.0 Å². The summed E-state index contributed by atoms with van der Waals surface area (Å²) in [5.74, 6) is -0.441. The summed E-state index contributed by atoms with van der Waals surface area (Å²) >= 11 is 5.68. The number of aromatic nitrogens is 1. The number of thioether (sulfide) groups is 1. The number of imide groups is 1. The van der Waals surface area contributed by atoms with Gasteiger partial charge >= 0.3 is 11.5 Å². The summed E-state index contributed by atoms with van der Waals surface area (Å²) < 4.78 is 37.7. The fourth-order valence-corrected chi connectivity index (χ4v) is 4.16. The number of nitrogens with zero attached hydrogens (tertiary/aromatic N) is 3. The van der Waals surface area contributed by atoms with Crippen molar-refractivity contribution in [2.45, 2.75) is 29.9 Å². The van der Waals surface area contributed by atoms with E-state index in [0.29, 0.717) is 10.7 Å². The van der Waals surface area contributed by atoms with Crippen LogP contribution in [0.4, 0.5) is 23.7 Å². The van der Waals surface area contributed by atoms with E-state index < -0.39 is 23.5 Å². The average Bonchev–Trinajstić information content (AvgIpc) is 2.97. The van der Waals surface area contributed by atoms with Crippen LogP contribution in [0.5, 0.6) is 0 Å². The number of halogens is 4. The van der Waals surface area contributed by atoms with E-state index in [1.54, 1.807) is 31.3 Å². The summed E-state index contributed by atoms with van der Waals surface area (Å²) in [5.41, 5.74) is -1.85. The highest BCUT2D eigenvalue weighted by Gasteiger charge is 2.43. The van der Waals surface area contributed by atoms with E-state index in [-0.39, 0.29) is 28.9 Å². The van der Waals surface area contributed by atoms with Gasteiger partial charge in [0.15, 0.2) is 0 Å². The van der Waals surface area contributed by atoms with Gasteiger partial charge in [-0.15, -0.1) is 0 Å². The Bertz CT molecular complexity index is 1190. The molecule has 0 saturated carbocycles. The number of rotatable bonds is 5. The zero-order valence-corrected chi connectivity index (χ0v) is 18.8. The molecule has 3 amide bonds. The summed E-state index contributed by atoms with van der Waals surface area (Å²) in [6, 6.07) is 14.7. The van der Waals surface area contributed by atoms with Crippen molar-refractivity contribution in [2.24, 2.45) is 0 Å². The summed E-state index contributed by atoms with van der Waals surface area (Å²) in [6.45, 7) is 1.79.